The predicted molar refractivity (Wildman–Crippen MR) is 57.9 cm³/mol. The SMILES string of the molecule is CC(=O)C(=[N+]=[N-])S(=O)(=O)c1ccc(Cl)cc1. The first-order chi connectivity index (χ1) is 7.39. The highest BCUT2D eigenvalue weighted by Crippen LogP contribution is 2.16. The lowest BCUT2D eigenvalue weighted by molar-refractivity contribution is -0.114. The molecule has 5 nitrogen and oxygen atoms in total. The lowest BCUT2D eigenvalue weighted by Crippen LogP contribution is -2.23. The van der Waals surface area contributed by atoms with E-state index in [1.807, 2.05) is 0 Å². The Morgan fingerprint density at radius 3 is 2.19 bits per heavy atom. The van der Waals surface area contributed by atoms with Crippen molar-refractivity contribution < 1.29 is 18.0 Å². The van der Waals surface area contributed by atoms with Crippen LogP contribution in [-0.4, -0.2) is 24.0 Å². The van der Waals surface area contributed by atoms with Crippen molar-refractivity contribution in [3.63, 3.8) is 0 Å². The third-order valence-electron chi connectivity index (χ3n) is 1.77. The summed E-state index contributed by atoms with van der Waals surface area (Å²) in [4.78, 5) is 13.3. The van der Waals surface area contributed by atoms with Crippen LogP contribution in [0.2, 0.25) is 5.02 Å². The molecule has 0 amide bonds. The van der Waals surface area contributed by atoms with Gasteiger partial charge in [-0.25, -0.2) is 8.42 Å². The number of Topliss-reactive ketones (excluding diaryl/α,β-unsaturated/α-hetero) is 1. The number of hydrogen-bond acceptors (Lipinski definition) is 3. The van der Waals surface area contributed by atoms with Gasteiger partial charge in [0.05, 0.1) is 4.90 Å². The maximum atomic E-state index is 11.8. The van der Waals surface area contributed by atoms with Crippen LogP contribution in [0.15, 0.2) is 29.2 Å². The van der Waals surface area contributed by atoms with E-state index in [2.05, 4.69) is 4.79 Å². The first-order valence-electron chi connectivity index (χ1n) is 4.13. The summed E-state index contributed by atoms with van der Waals surface area (Å²) in [5.74, 6) is -0.836. The number of hydrogen-bond donors (Lipinski definition) is 0. The van der Waals surface area contributed by atoms with E-state index in [0.29, 0.717) is 5.02 Å². The minimum atomic E-state index is -4.08. The standard InChI is InChI=1S/C9H7ClN2O3S/c1-6(13)9(12-11)16(14,15)8-4-2-7(10)3-5-8/h2-5H,1H3. The van der Waals surface area contributed by atoms with Crippen LogP contribution in [0.1, 0.15) is 6.92 Å². The summed E-state index contributed by atoms with van der Waals surface area (Å²) in [5.41, 5.74) is 8.51. The van der Waals surface area contributed by atoms with E-state index in [-0.39, 0.29) is 4.90 Å². The highest BCUT2D eigenvalue weighted by molar-refractivity contribution is 8.08. The molecule has 1 aromatic rings. The molecule has 0 N–H and O–H groups in total. The lowest BCUT2D eigenvalue weighted by atomic mass is 10.4. The Labute approximate surface area is 97.2 Å². The Morgan fingerprint density at radius 1 is 1.31 bits per heavy atom. The molecule has 0 saturated heterocycles. The summed E-state index contributed by atoms with van der Waals surface area (Å²) in [5, 5.41) is -0.529. The number of halogens is 1. The molecule has 0 aliphatic carbocycles. The van der Waals surface area contributed by atoms with Crippen LogP contribution < -0.4 is 0 Å². The second kappa shape index (κ2) is 4.57. The van der Waals surface area contributed by atoms with Crippen molar-refractivity contribution in [2.24, 2.45) is 0 Å². The van der Waals surface area contributed by atoms with Gasteiger partial charge in [0.25, 0.3) is 15.6 Å². The molecule has 0 bridgehead atoms. The maximum absolute atomic E-state index is 11.8. The van der Waals surface area contributed by atoms with Crippen LogP contribution in [0.3, 0.4) is 0 Å². The predicted octanol–water partition coefficient (Wildman–Crippen LogP) is 1.33. The van der Waals surface area contributed by atoms with Gasteiger partial charge in [-0.1, -0.05) is 11.6 Å². The molecular weight excluding hydrogens is 252 g/mol. The van der Waals surface area contributed by atoms with Gasteiger partial charge in [0, 0.05) is 11.9 Å². The van der Waals surface area contributed by atoms with Crippen molar-refractivity contribution >= 4 is 32.3 Å². The summed E-state index contributed by atoms with van der Waals surface area (Å²) >= 11 is 5.60. The van der Waals surface area contributed by atoms with E-state index in [9.17, 15) is 13.2 Å². The summed E-state index contributed by atoms with van der Waals surface area (Å²) in [6.07, 6.45) is 0. The van der Waals surface area contributed by atoms with Crippen LogP contribution in [0.4, 0.5) is 0 Å². The van der Waals surface area contributed by atoms with Crippen LogP contribution >= 0.6 is 11.6 Å². The third-order valence-corrected chi connectivity index (χ3v) is 3.79. The van der Waals surface area contributed by atoms with Crippen molar-refractivity contribution in [1.82, 2.24) is 0 Å². The lowest BCUT2D eigenvalue weighted by Gasteiger charge is -1.97. The molecule has 0 fully saturated rings. The van der Waals surface area contributed by atoms with Gasteiger partial charge in [-0.15, -0.1) is 4.79 Å². The van der Waals surface area contributed by atoms with E-state index < -0.39 is 20.7 Å². The van der Waals surface area contributed by atoms with Crippen molar-refractivity contribution in [3.05, 3.63) is 34.8 Å². The minimum Gasteiger partial charge on any atom is -0.360 e. The van der Waals surface area contributed by atoms with E-state index in [1.54, 1.807) is 0 Å². The molecule has 0 aromatic heterocycles. The molecule has 0 spiro atoms. The molecule has 84 valence electrons. The van der Waals surface area contributed by atoms with E-state index in [4.69, 9.17) is 17.1 Å². The number of benzene rings is 1. The number of ketones is 1. The molecule has 7 heteroatoms. The zero-order valence-electron chi connectivity index (χ0n) is 8.21. The Bertz CT molecular complexity index is 571. The monoisotopic (exact) mass is 258 g/mol. The van der Waals surface area contributed by atoms with Gasteiger partial charge < -0.3 is 5.53 Å². The molecule has 1 rings (SSSR count). The fourth-order valence-electron chi connectivity index (χ4n) is 1.04. The van der Waals surface area contributed by atoms with Crippen molar-refractivity contribution in [1.29, 1.82) is 0 Å². The minimum absolute atomic E-state index is 0.153. The molecule has 1 aromatic carbocycles. The first kappa shape index (κ1) is 12.6. The number of carbonyl (C=O) groups excluding carboxylic acids is 1. The smallest absolute Gasteiger partial charge is 0.360 e. The molecule has 16 heavy (non-hydrogen) atoms. The fraction of sp³-hybridized carbons (Fsp3) is 0.111. The van der Waals surface area contributed by atoms with Crippen LogP contribution in [0.25, 0.3) is 5.53 Å². The largest absolute Gasteiger partial charge is 0.451 e. The fourth-order valence-corrected chi connectivity index (χ4v) is 2.37. The van der Waals surface area contributed by atoms with Gasteiger partial charge in [0.1, 0.15) is 0 Å². The number of carbonyl (C=O) groups is 1. The van der Waals surface area contributed by atoms with E-state index in [0.717, 1.165) is 6.92 Å². The maximum Gasteiger partial charge on any atom is 0.451 e. The topological polar surface area (TPSA) is 87.6 Å². The Morgan fingerprint density at radius 2 is 1.81 bits per heavy atom. The normalized spacial score (nSPS) is 10.6. The molecule has 0 aliphatic heterocycles. The third kappa shape index (κ3) is 2.36. The van der Waals surface area contributed by atoms with Gasteiger partial charge in [-0.2, -0.15) is 0 Å². The number of sulfone groups is 1. The number of rotatable bonds is 2. The molecule has 0 saturated carbocycles. The molecule has 0 radical (unpaired) electrons. The zero-order chi connectivity index (χ0) is 12.3. The van der Waals surface area contributed by atoms with Crippen LogP contribution in [0, 0.1) is 0 Å². The van der Waals surface area contributed by atoms with Gasteiger partial charge in [-0.05, 0) is 24.3 Å². The van der Waals surface area contributed by atoms with E-state index in [1.165, 1.54) is 24.3 Å². The molecular formula is C9H7ClN2O3S. The second-order valence-corrected chi connectivity index (χ2v) is 5.22. The highest BCUT2D eigenvalue weighted by Gasteiger charge is 2.34. The number of nitrogens with zero attached hydrogens (tertiary/aromatic N) is 2. The van der Waals surface area contributed by atoms with Gasteiger partial charge >= 0.3 is 5.04 Å². The molecule has 0 unspecified atom stereocenters. The van der Waals surface area contributed by atoms with Gasteiger partial charge in [0.2, 0.25) is 0 Å². The first-order valence-corrected chi connectivity index (χ1v) is 5.99. The summed E-state index contributed by atoms with van der Waals surface area (Å²) in [7, 11) is -4.08. The zero-order valence-corrected chi connectivity index (χ0v) is 9.79. The second-order valence-electron chi connectivity index (χ2n) is 2.92. The van der Waals surface area contributed by atoms with E-state index >= 15 is 0 Å². The average Bonchev–Trinajstić information content (AvgIpc) is 2.18. The van der Waals surface area contributed by atoms with Crippen molar-refractivity contribution in [3.8, 4) is 0 Å². The summed E-state index contributed by atoms with van der Waals surface area (Å²) in [6, 6.07) is 5.19. The van der Waals surface area contributed by atoms with Gasteiger partial charge in [0.15, 0.2) is 0 Å². The van der Waals surface area contributed by atoms with Crippen molar-refractivity contribution in [2.45, 2.75) is 11.8 Å². The molecule has 0 atom stereocenters. The quantitative estimate of drug-likeness (QED) is 0.347. The molecule has 0 heterocycles. The molecule has 0 aliphatic rings. The Hall–Kier alpha value is -1.49. The Kier molecular flexibility index (Phi) is 3.59. The Balaban J connectivity index is 3.38. The van der Waals surface area contributed by atoms with Crippen LogP contribution in [-0.2, 0) is 14.6 Å². The average molecular weight is 259 g/mol. The van der Waals surface area contributed by atoms with Crippen molar-refractivity contribution in [2.75, 3.05) is 0 Å². The van der Waals surface area contributed by atoms with Gasteiger partial charge in [-0.3, -0.25) is 4.79 Å². The summed E-state index contributed by atoms with van der Waals surface area (Å²) in [6.45, 7) is 1.00. The summed E-state index contributed by atoms with van der Waals surface area (Å²) < 4.78 is 23.5. The van der Waals surface area contributed by atoms with Crippen LogP contribution in [0.5, 0.6) is 0 Å². The highest BCUT2D eigenvalue weighted by atomic mass is 35.5.